The molecular formula is C16H27N3. The van der Waals surface area contributed by atoms with Gasteiger partial charge in [-0.3, -0.25) is 4.90 Å². The van der Waals surface area contributed by atoms with Gasteiger partial charge in [-0.05, 0) is 44.6 Å². The average Bonchev–Trinajstić information content (AvgIpc) is 2.38. The van der Waals surface area contributed by atoms with Crippen molar-refractivity contribution < 1.29 is 0 Å². The van der Waals surface area contributed by atoms with Gasteiger partial charge in [0.25, 0.3) is 0 Å². The fourth-order valence-electron chi connectivity index (χ4n) is 2.70. The highest BCUT2D eigenvalue weighted by Crippen LogP contribution is 2.12. The van der Waals surface area contributed by atoms with Crippen molar-refractivity contribution in [2.24, 2.45) is 0 Å². The predicted molar refractivity (Wildman–Crippen MR) is 81.5 cm³/mol. The summed E-state index contributed by atoms with van der Waals surface area (Å²) in [5.74, 6) is 0. The zero-order valence-corrected chi connectivity index (χ0v) is 12.7. The molecule has 1 aromatic rings. The summed E-state index contributed by atoms with van der Waals surface area (Å²) in [6.45, 7) is 9.96. The van der Waals surface area contributed by atoms with E-state index >= 15 is 0 Å². The molecule has 0 amide bonds. The van der Waals surface area contributed by atoms with Gasteiger partial charge in [-0.2, -0.15) is 0 Å². The molecule has 0 bridgehead atoms. The van der Waals surface area contributed by atoms with Crippen molar-refractivity contribution in [1.82, 2.24) is 15.1 Å². The lowest BCUT2D eigenvalue weighted by Gasteiger charge is -2.37. The Balaban J connectivity index is 1.84. The summed E-state index contributed by atoms with van der Waals surface area (Å²) in [4.78, 5) is 4.89. The number of hydrogen-bond acceptors (Lipinski definition) is 3. The predicted octanol–water partition coefficient (Wildman–Crippen LogP) is 1.64. The molecule has 106 valence electrons. The minimum Gasteiger partial charge on any atom is -0.311 e. The smallest absolute Gasteiger partial charge is 0.0345 e. The lowest BCUT2D eigenvalue weighted by atomic mass is 10.0. The highest BCUT2D eigenvalue weighted by Gasteiger charge is 2.21. The quantitative estimate of drug-likeness (QED) is 0.889. The van der Waals surface area contributed by atoms with Crippen LogP contribution in [-0.4, -0.2) is 56.1 Å². The van der Waals surface area contributed by atoms with Crippen LogP contribution in [-0.2, 0) is 6.54 Å². The number of piperazine rings is 1. The average molecular weight is 261 g/mol. The maximum absolute atomic E-state index is 3.62. The molecule has 1 saturated heterocycles. The molecule has 1 aliphatic rings. The second kappa shape index (κ2) is 6.51. The van der Waals surface area contributed by atoms with Crippen molar-refractivity contribution in [3.05, 3.63) is 34.9 Å². The number of aryl methyl sites for hydroxylation is 1. The zero-order valence-electron chi connectivity index (χ0n) is 12.7. The van der Waals surface area contributed by atoms with E-state index in [-0.39, 0.29) is 0 Å². The van der Waals surface area contributed by atoms with E-state index in [9.17, 15) is 0 Å². The molecule has 0 aliphatic carbocycles. The van der Waals surface area contributed by atoms with Gasteiger partial charge in [0.1, 0.15) is 0 Å². The van der Waals surface area contributed by atoms with Crippen LogP contribution in [0.15, 0.2) is 18.2 Å². The van der Waals surface area contributed by atoms with Crippen LogP contribution in [0.3, 0.4) is 0 Å². The molecule has 1 fully saturated rings. The second-order valence-corrected chi connectivity index (χ2v) is 5.89. The molecule has 1 unspecified atom stereocenters. The van der Waals surface area contributed by atoms with Crippen LogP contribution in [0, 0.1) is 13.8 Å². The lowest BCUT2D eigenvalue weighted by molar-refractivity contribution is 0.113. The number of nitrogens with zero attached hydrogens (tertiary/aromatic N) is 2. The van der Waals surface area contributed by atoms with Gasteiger partial charge in [-0.15, -0.1) is 0 Å². The molecule has 1 N–H and O–H groups in total. The molecule has 0 radical (unpaired) electrons. The SMILES string of the molecule is Cc1cccc(CNCC2CN(C)CCN2C)c1C. The molecule has 3 nitrogen and oxygen atoms in total. The lowest BCUT2D eigenvalue weighted by Crippen LogP contribution is -2.53. The Morgan fingerprint density at radius 1 is 1.21 bits per heavy atom. The monoisotopic (exact) mass is 261 g/mol. The van der Waals surface area contributed by atoms with E-state index in [0.29, 0.717) is 6.04 Å². The van der Waals surface area contributed by atoms with Crippen molar-refractivity contribution in [2.75, 3.05) is 40.3 Å². The minimum absolute atomic E-state index is 0.629. The van der Waals surface area contributed by atoms with E-state index in [1.807, 2.05) is 0 Å². The first-order chi connectivity index (χ1) is 9.08. The molecule has 1 heterocycles. The third kappa shape index (κ3) is 3.78. The Bertz CT molecular complexity index is 416. The fourth-order valence-corrected chi connectivity index (χ4v) is 2.70. The summed E-state index contributed by atoms with van der Waals surface area (Å²) in [7, 11) is 4.45. The molecule has 0 aromatic heterocycles. The second-order valence-electron chi connectivity index (χ2n) is 5.89. The summed E-state index contributed by atoms with van der Waals surface area (Å²) in [5, 5.41) is 3.62. The molecule has 3 heteroatoms. The molecule has 19 heavy (non-hydrogen) atoms. The molecular weight excluding hydrogens is 234 g/mol. The molecule has 2 rings (SSSR count). The van der Waals surface area contributed by atoms with Gasteiger partial charge in [0.2, 0.25) is 0 Å². The van der Waals surface area contributed by atoms with Crippen LogP contribution < -0.4 is 5.32 Å². The van der Waals surface area contributed by atoms with Crippen LogP contribution in [0.2, 0.25) is 0 Å². The number of hydrogen-bond donors (Lipinski definition) is 1. The standard InChI is InChI=1S/C16H27N3/c1-13-6-5-7-15(14(13)2)10-17-11-16-12-18(3)8-9-19(16)4/h5-7,16-17H,8-12H2,1-4H3. The van der Waals surface area contributed by atoms with Crippen molar-refractivity contribution >= 4 is 0 Å². The van der Waals surface area contributed by atoms with E-state index in [1.54, 1.807) is 0 Å². The van der Waals surface area contributed by atoms with E-state index in [1.165, 1.54) is 29.8 Å². The zero-order chi connectivity index (χ0) is 13.8. The van der Waals surface area contributed by atoms with Gasteiger partial charge in [0, 0.05) is 38.8 Å². The Morgan fingerprint density at radius 3 is 2.79 bits per heavy atom. The topological polar surface area (TPSA) is 18.5 Å². The summed E-state index contributed by atoms with van der Waals surface area (Å²) >= 11 is 0. The Hall–Kier alpha value is -0.900. The van der Waals surface area contributed by atoms with Gasteiger partial charge in [-0.1, -0.05) is 18.2 Å². The highest BCUT2D eigenvalue weighted by atomic mass is 15.3. The maximum atomic E-state index is 3.62. The largest absolute Gasteiger partial charge is 0.311 e. The normalized spacial score (nSPS) is 21.8. The molecule has 1 aliphatic heterocycles. The summed E-state index contributed by atoms with van der Waals surface area (Å²) < 4.78 is 0. The van der Waals surface area contributed by atoms with Gasteiger partial charge in [-0.25, -0.2) is 0 Å². The van der Waals surface area contributed by atoms with E-state index in [0.717, 1.165) is 19.6 Å². The Morgan fingerprint density at radius 2 is 2.00 bits per heavy atom. The highest BCUT2D eigenvalue weighted by molar-refractivity contribution is 5.32. The first-order valence-electron chi connectivity index (χ1n) is 7.22. The van der Waals surface area contributed by atoms with Crippen molar-refractivity contribution in [2.45, 2.75) is 26.4 Å². The third-order valence-corrected chi connectivity index (χ3v) is 4.39. The Kier molecular flexibility index (Phi) is 4.97. The number of likely N-dealkylation sites (N-methyl/N-ethyl adjacent to an activating group) is 2. The van der Waals surface area contributed by atoms with Gasteiger partial charge >= 0.3 is 0 Å². The number of nitrogens with one attached hydrogen (secondary N) is 1. The first-order valence-corrected chi connectivity index (χ1v) is 7.22. The Labute approximate surface area is 117 Å². The van der Waals surface area contributed by atoms with E-state index < -0.39 is 0 Å². The maximum Gasteiger partial charge on any atom is 0.0345 e. The molecule has 1 atom stereocenters. The van der Waals surface area contributed by atoms with Crippen LogP contribution >= 0.6 is 0 Å². The van der Waals surface area contributed by atoms with Gasteiger partial charge < -0.3 is 10.2 Å². The van der Waals surface area contributed by atoms with Gasteiger partial charge in [0.15, 0.2) is 0 Å². The van der Waals surface area contributed by atoms with Crippen LogP contribution in [0.5, 0.6) is 0 Å². The molecule has 1 aromatic carbocycles. The number of rotatable bonds is 4. The van der Waals surface area contributed by atoms with Crippen molar-refractivity contribution in [1.29, 1.82) is 0 Å². The van der Waals surface area contributed by atoms with E-state index in [4.69, 9.17) is 0 Å². The third-order valence-electron chi connectivity index (χ3n) is 4.39. The van der Waals surface area contributed by atoms with E-state index in [2.05, 4.69) is 61.3 Å². The van der Waals surface area contributed by atoms with Gasteiger partial charge in [0.05, 0.1) is 0 Å². The van der Waals surface area contributed by atoms with Crippen LogP contribution in [0.1, 0.15) is 16.7 Å². The molecule has 0 saturated carbocycles. The fraction of sp³-hybridized carbons (Fsp3) is 0.625. The van der Waals surface area contributed by atoms with Crippen molar-refractivity contribution in [3.8, 4) is 0 Å². The summed E-state index contributed by atoms with van der Waals surface area (Å²) in [5.41, 5.74) is 4.23. The summed E-state index contributed by atoms with van der Waals surface area (Å²) in [6.07, 6.45) is 0. The summed E-state index contributed by atoms with van der Waals surface area (Å²) in [6, 6.07) is 7.19. The molecule has 0 spiro atoms. The van der Waals surface area contributed by atoms with Crippen LogP contribution in [0.25, 0.3) is 0 Å². The van der Waals surface area contributed by atoms with Crippen LogP contribution in [0.4, 0.5) is 0 Å². The van der Waals surface area contributed by atoms with Crippen molar-refractivity contribution in [3.63, 3.8) is 0 Å². The first kappa shape index (κ1) is 14.5. The number of benzene rings is 1. The minimum atomic E-state index is 0.629.